The molecule has 1 saturated heterocycles. The van der Waals surface area contributed by atoms with Crippen molar-refractivity contribution in [3.8, 4) is 0 Å². The van der Waals surface area contributed by atoms with Crippen molar-refractivity contribution in [2.45, 2.75) is 44.6 Å². The molecule has 2 aliphatic rings. The van der Waals surface area contributed by atoms with Gasteiger partial charge in [0, 0.05) is 19.1 Å². The van der Waals surface area contributed by atoms with E-state index in [0.29, 0.717) is 25.6 Å². The van der Waals surface area contributed by atoms with Crippen LogP contribution in [0.25, 0.3) is 0 Å². The second-order valence-electron chi connectivity index (χ2n) is 6.89. The normalized spacial score (nSPS) is 22.2. The Bertz CT molecular complexity index is 656. The van der Waals surface area contributed by atoms with Crippen molar-refractivity contribution in [1.29, 1.82) is 0 Å². The third-order valence-corrected chi connectivity index (χ3v) is 6.71. The zero-order chi connectivity index (χ0) is 17.0. The summed E-state index contributed by atoms with van der Waals surface area (Å²) in [5.41, 5.74) is 1.16. The van der Waals surface area contributed by atoms with Crippen LogP contribution >= 0.6 is 0 Å². The number of carbonyl (C=O) groups is 1. The number of piperidine rings is 1. The van der Waals surface area contributed by atoms with Crippen LogP contribution in [0.15, 0.2) is 30.3 Å². The van der Waals surface area contributed by atoms with E-state index >= 15 is 0 Å². The fraction of sp³-hybridized carbons (Fsp3) is 0.611. The lowest BCUT2D eigenvalue weighted by Crippen LogP contribution is -2.46. The number of hydrogen-bond donors (Lipinski definition) is 1. The highest BCUT2D eigenvalue weighted by Crippen LogP contribution is 2.23. The number of nitrogens with zero attached hydrogens (tertiary/aromatic N) is 1. The molecule has 1 amide bonds. The molecule has 1 aromatic rings. The maximum absolute atomic E-state index is 12.6. The van der Waals surface area contributed by atoms with Crippen LogP contribution in [0.2, 0.25) is 0 Å². The highest BCUT2D eigenvalue weighted by molar-refractivity contribution is 7.89. The summed E-state index contributed by atoms with van der Waals surface area (Å²) in [6.45, 7) is 0.882. The smallest absolute Gasteiger partial charge is 0.224 e. The quantitative estimate of drug-likeness (QED) is 0.817. The average Bonchev–Trinajstić information content (AvgIpc) is 3.40. The van der Waals surface area contributed by atoms with E-state index in [-0.39, 0.29) is 17.6 Å². The Labute approximate surface area is 144 Å². The summed E-state index contributed by atoms with van der Waals surface area (Å²) in [6, 6.07) is 10.3. The zero-order valence-electron chi connectivity index (χ0n) is 14.0. The van der Waals surface area contributed by atoms with Gasteiger partial charge in [-0.1, -0.05) is 30.3 Å². The van der Waals surface area contributed by atoms with Crippen molar-refractivity contribution in [3.05, 3.63) is 35.9 Å². The molecular formula is C18H26N2O3S. The summed E-state index contributed by atoms with van der Waals surface area (Å²) >= 11 is 0. The third-order valence-electron chi connectivity index (χ3n) is 4.78. The summed E-state index contributed by atoms with van der Waals surface area (Å²) in [4.78, 5) is 12.2. The van der Waals surface area contributed by atoms with Gasteiger partial charge in [0.15, 0.2) is 0 Å². The molecule has 6 heteroatoms. The minimum absolute atomic E-state index is 0.0293. The van der Waals surface area contributed by atoms with E-state index in [0.717, 1.165) is 37.7 Å². The Morgan fingerprint density at radius 2 is 1.92 bits per heavy atom. The molecule has 0 unspecified atom stereocenters. The Balaban J connectivity index is 1.50. The zero-order valence-corrected chi connectivity index (χ0v) is 14.8. The molecule has 5 nitrogen and oxygen atoms in total. The molecular weight excluding hydrogens is 324 g/mol. The van der Waals surface area contributed by atoms with Crippen LogP contribution in [-0.2, 0) is 21.2 Å². The number of sulfonamides is 1. The molecule has 2 fully saturated rings. The van der Waals surface area contributed by atoms with Crippen molar-refractivity contribution in [1.82, 2.24) is 9.62 Å². The van der Waals surface area contributed by atoms with Crippen LogP contribution in [0.5, 0.6) is 0 Å². The lowest BCUT2D eigenvalue weighted by Gasteiger charge is -2.31. The largest absolute Gasteiger partial charge is 0.353 e. The lowest BCUT2D eigenvalue weighted by atomic mass is 9.99. The van der Waals surface area contributed by atoms with Crippen molar-refractivity contribution in [2.75, 3.05) is 18.8 Å². The number of hydrogen-bond acceptors (Lipinski definition) is 3. The van der Waals surface area contributed by atoms with Crippen molar-refractivity contribution in [2.24, 2.45) is 5.92 Å². The van der Waals surface area contributed by atoms with E-state index in [1.165, 1.54) is 4.31 Å². The van der Waals surface area contributed by atoms with Gasteiger partial charge < -0.3 is 5.32 Å². The van der Waals surface area contributed by atoms with Gasteiger partial charge >= 0.3 is 0 Å². The highest BCUT2D eigenvalue weighted by Gasteiger charge is 2.34. The second-order valence-corrected chi connectivity index (χ2v) is 8.97. The van der Waals surface area contributed by atoms with Crippen LogP contribution in [0.1, 0.15) is 37.7 Å². The Morgan fingerprint density at radius 1 is 1.17 bits per heavy atom. The van der Waals surface area contributed by atoms with Gasteiger partial charge in [0.25, 0.3) is 0 Å². The predicted molar refractivity (Wildman–Crippen MR) is 94.0 cm³/mol. The summed E-state index contributed by atoms with van der Waals surface area (Å²) in [7, 11) is -3.28. The molecule has 0 spiro atoms. The predicted octanol–water partition coefficient (Wildman–Crippen LogP) is 1.94. The summed E-state index contributed by atoms with van der Waals surface area (Å²) in [5, 5.41) is 3.00. The highest BCUT2D eigenvalue weighted by atomic mass is 32.2. The van der Waals surface area contributed by atoms with Crippen molar-refractivity contribution in [3.63, 3.8) is 0 Å². The van der Waals surface area contributed by atoms with Crippen LogP contribution in [0.3, 0.4) is 0 Å². The molecule has 0 aromatic heterocycles. The first-order chi connectivity index (χ1) is 11.5. The first-order valence-electron chi connectivity index (χ1n) is 8.87. The maximum Gasteiger partial charge on any atom is 0.224 e. The van der Waals surface area contributed by atoms with Crippen molar-refractivity contribution < 1.29 is 13.2 Å². The van der Waals surface area contributed by atoms with E-state index in [2.05, 4.69) is 5.32 Å². The number of nitrogens with one attached hydrogen (secondary N) is 1. The van der Waals surface area contributed by atoms with E-state index in [1.807, 2.05) is 30.3 Å². The minimum atomic E-state index is -3.28. The van der Waals surface area contributed by atoms with Crippen LogP contribution in [0, 0.1) is 5.92 Å². The molecule has 1 heterocycles. The van der Waals surface area contributed by atoms with E-state index in [9.17, 15) is 13.2 Å². The van der Waals surface area contributed by atoms with Gasteiger partial charge in [-0.25, -0.2) is 12.7 Å². The first kappa shape index (κ1) is 17.4. The third kappa shape index (κ3) is 4.80. The van der Waals surface area contributed by atoms with Gasteiger partial charge in [-0.05, 0) is 44.1 Å². The molecule has 1 aromatic carbocycles. The number of aryl methyl sites for hydroxylation is 1. The van der Waals surface area contributed by atoms with Crippen LogP contribution < -0.4 is 5.32 Å². The maximum atomic E-state index is 12.6. The minimum Gasteiger partial charge on any atom is -0.353 e. The number of carbonyl (C=O) groups excluding carboxylic acids is 1. The fourth-order valence-corrected chi connectivity index (χ4v) is 4.77. The molecule has 1 aliphatic heterocycles. The molecule has 1 aliphatic carbocycles. The first-order valence-corrected chi connectivity index (χ1v) is 10.5. The topological polar surface area (TPSA) is 66.5 Å². The molecule has 3 rings (SSSR count). The summed E-state index contributed by atoms with van der Waals surface area (Å²) in [6.07, 6.45) is 5.04. The molecule has 1 saturated carbocycles. The van der Waals surface area contributed by atoms with Gasteiger partial charge in [-0.3, -0.25) is 4.79 Å². The average molecular weight is 350 g/mol. The number of benzene rings is 1. The molecule has 0 radical (unpaired) electrons. The standard InChI is InChI=1S/C18H26N2O3S/c21-18(19-17-10-11-17)16-9-4-12-20(14-16)24(22,23)13-5-8-15-6-2-1-3-7-15/h1-3,6-7,16-17H,4-5,8-14H2,(H,19,21)/t16-/m0/s1. The van der Waals surface area contributed by atoms with Crippen molar-refractivity contribution >= 4 is 15.9 Å². The SMILES string of the molecule is O=C(NC1CC1)[C@H]1CCCN(S(=O)(=O)CCCc2ccccc2)C1. The van der Waals surface area contributed by atoms with Gasteiger partial charge in [-0.2, -0.15) is 0 Å². The number of amides is 1. The Kier molecular flexibility index (Phi) is 5.56. The number of rotatable bonds is 7. The van der Waals surface area contributed by atoms with Gasteiger partial charge in [-0.15, -0.1) is 0 Å². The summed E-state index contributed by atoms with van der Waals surface area (Å²) < 4.78 is 26.7. The van der Waals surface area contributed by atoms with Crippen LogP contribution in [0.4, 0.5) is 0 Å². The molecule has 1 N–H and O–H groups in total. The lowest BCUT2D eigenvalue weighted by molar-refractivity contribution is -0.126. The summed E-state index contributed by atoms with van der Waals surface area (Å²) in [5.74, 6) is -0.0105. The Hall–Kier alpha value is -1.40. The monoisotopic (exact) mass is 350 g/mol. The van der Waals surface area contributed by atoms with Gasteiger partial charge in [0.2, 0.25) is 15.9 Å². The Morgan fingerprint density at radius 3 is 2.62 bits per heavy atom. The second kappa shape index (κ2) is 7.66. The molecule has 132 valence electrons. The van der Waals surface area contributed by atoms with Gasteiger partial charge in [0.05, 0.1) is 11.7 Å². The van der Waals surface area contributed by atoms with E-state index in [4.69, 9.17) is 0 Å². The van der Waals surface area contributed by atoms with E-state index < -0.39 is 10.0 Å². The van der Waals surface area contributed by atoms with E-state index in [1.54, 1.807) is 0 Å². The fourth-order valence-electron chi connectivity index (χ4n) is 3.19. The molecule has 24 heavy (non-hydrogen) atoms. The van der Waals surface area contributed by atoms with Crippen LogP contribution in [-0.4, -0.2) is 43.5 Å². The molecule has 0 bridgehead atoms. The van der Waals surface area contributed by atoms with Gasteiger partial charge in [0.1, 0.15) is 0 Å². The molecule has 1 atom stereocenters.